The van der Waals surface area contributed by atoms with Crippen molar-refractivity contribution in [3.05, 3.63) is 102 Å². The molecule has 0 bridgehead atoms. The summed E-state index contributed by atoms with van der Waals surface area (Å²) in [6.45, 7) is 0. The first-order valence-electron chi connectivity index (χ1n) is 9.33. The maximum Gasteiger partial charge on any atom is 0.267 e. The topological polar surface area (TPSA) is 66.5 Å². The van der Waals surface area contributed by atoms with Crippen LogP contribution in [0.25, 0.3) is 0 Å². The fraction of sp³-hybridized carbons (Fsp3) is 0.130. The number of carbonyl (C=O) groups is 2. The molecule has 4 rings (SSSR count). The Bertz CT molecular complexity index is 1030. The average molecular weight is 404 g/mol. The molecule has 1 saturated heterocycles. The monoisotopic (exact) mass is 404 g/mol. The second-order valence-electron chi connectivity index (χ2n) is 6.79. The molecule has 5 nitrogen and oxygen atoms in total. The Kier molecular flexibility index (Phi) is 5.53. The van der Waals surface area contributed by atoms with Crippen LogP contribution in [0.4, 0.5) is 0 Å². The lowest BCUT2D eigenvalue weighted by molar-refractivity contribution is -0.132. The van der Waals surface area contributed by atoms with E-state index < -0.39 is 33.9 Å². The van der Waals surface area contributed by atoms with Crippen molar-refractivity contribution in [1.29, 1.82) is 0 Å². The molecule has 0 spiro atoms. The fourth-order valence-electron chi connectivity index (χ4n) is 3.45. The molecule has 146 valence electrons. The summed E-state index contributed by atoms with van der Waals surface area (Å²) in [5.41, 5.74) is 4.61. The summed E-state index contributed by atoms with van der Waals surface area (Å²) in [6.07, 6.45) is 0.529. The van der Waals surface area contributed by atoms with Gasteiger partial charge < -0.3 is 0 Å². The Morgan fingerprint density at radius 2 is 1.38 bits per heavy atom. The SMILES string of the molecule is O=C1NN(C(Cc2ccccc2)c2ccccc2)C(=O)C1S(=O)c1ccccc1. The maximum absolute atomic E-state index is 13.2. The van der Waals surface area contributed by atoms with E-state index in [0.29, 0.717) is 11.3 Å². The van der Waals surface area contributed by atoms with Gasteiger partial charge in [-0.2, -0.15) is 0 Å². The summed E-state index contributed by atoms with van der Waals surface area (Å²) in [6, 6.07) is 27.5. The van der Waals surface area contributed by atoms with Gasteiger partial charge in [0.2, 0.25) is 0 Å². The predicted molar refractivity (Wildman–Crippen MR) is 111 cm³/mol. The molecule has 1 aliphatic heterocycles. The number of hydrogen-bond donors (Lipinski definition) is 1. The third kappa shape index (κ3) is 3.98. The zero-order valence-corrected chi connectivity index (χ0v) is 16.4. The minimum absolute atomic E-state index is 0.396. The van der Waals surface area contributed by atoms with Gasteiger partial charge in [0.15, 0.2) is 5.25 Å². The van der Waals surface area contributed by atoms with Crippen molar-refractivity contribution in [2.75, 3.05) is 0 Å². The van der Waals surface area contributed by atoms with Gasteiger partial charge in [0.05, 0.1) is 16.8 Å². The number of hydrogen-bond acceptors (Lipinski definition) is 3. The fourth-order valence-corrected chi connectivity index (χ4v) is 4.69. The van der Waals surface area contributed by atoms with E-state index in [0.717, 1.165) is 11.1 Å². The summed E-state index contributed by atoms with van der Waals surface area (Å²) < 4.78 is 12.9. The minimum Gasteiger partial charge on any atom is -0.271 e. The quantitative estimate of drug-likeness (QED) is 0.642. The summed E-state index contributed by atoms with van der Waals surface area (Å²) in [5, 5.41) is 0.0929. The first-order valence-corrected chi connectivity index (χ1v) is 10.5. The van der Waals surface area contributed by atoms with E-state index in [-0.39, 0.29) is 0 Å². The Morgan fingerprint density at radius 3 is 2.00 bits per heavy atom. The van der Waals surface area contributed by atoms with Crippen molar-refractivity contribution < 1.29 is 13.8 Å². The lowest BCUT2D eigenvalue weighted by Gasteiger charge is -2.27. The van der Waals surface area contributed by atoms with Crippen LogP contribution in [0.1, 0.15) is 17.2 Å². The zero-order valence-electron chi connectivity index (χ0n) is 15.6. The minimum atomic E-state index is -1.76. The molecule has 6 heteroatoms. The van der Waals surface area contributed by atoms with Gasteiger partial charge >= 0.3 is 0 Å². The Labute approximate surface area is 171 Å². The third-order valence-corrected chi connectivity index (χ3v) is 6.47. The van der Waals surface area contributed by atoms with Crippen LogP contribution in [0.5, 0.6) is 0 Å². The lowest BCUT2D eigenvalue weighted by atomic mass is 9.98. The smallest absolute Gasteiger partial charge is 0.267 e. The van der Waals surface area contributed by atoms with Crippen LogP contribution in [0.3, 0.4) is 0 Å². The number of hydrazine groups is 1. The molecule has 3 aromatic carbocycles. The van der Waals surface area contributed by atoms with E-state index in [2.05, 4.69) is 5.43 Å². The third-order valence-electron chi connectivity index (χ3n) is 4.89. The maximum atomic E-state index is 13.2. The van der Waals surface area contributed by atoms with E-state index in [9.17, 15) is 13.8 Å². The average Bonchev–Trinajstić information content (AvgIpc) is 3.07. The second-order valence-corrected chi connectivity index (χ2v) is 8.33. The van der Waals surface area contributed by atoms with Crippen molar-refractivity contribution in [2.45, 2.75) is 22.6 Å². The molecule has 3 aromatic rings. The normalized spacial score (nSPS) is 18.3. The van der Waals surface area contributed by atoms with Crippen molar-refractivity contribution in [2.24, 2.45) is 0 Å². The van der Waals surface area contributed by atoms with Gasteiger partial charge in [0.1, 0.15) is 0 Å². The molecule has 3 atom stereocenters. The first kappa shape index (κ1) is 19.1. The highest BCUT2D eigenvalue weighted by molar-refractivity contribution is 7.87. The van der Waals surface area contributed by atoms with E-state index in [4.69, 9.17) is 0 Å². The highest BCUT2D eigenvalue weighted by Gasteiger charge is 2.46. The number of carbonyl (C=O) groups excluding carboxylic acids is 2. The van der Waals surface area contributed by atoms with E-state index >= 15 is 0 Å². The van der Waals surface area contributed by atoms with Crippen LogP contribution < -0.4 is 5.43 Å². The van der Waals surface area contributed by atoms with Crippen molar-refractivity contribution in [3.8, 4) is 0 Å². The molecule has 1 heterocycles. The number of nitrogens with zero attached hydrogens (tertiary/aromatic N) is 1. The van der Waals surface area contributed by atoms with Gasteiger partial charge in [0.25, 0.3) is 11.8 Å². The molecule has 0 radical (unpaired) electrons. The molecule has 2 amide bonds. The predicted octanol–water partition coefficient (Wildman–Crippen LogP) is 3.02. The van der Waals surface area contributed by atoms with Gasteiger partial charge in [-0.3, -0.25) is 19.2 Å². The van der Waals surface area contributed by atoms with E-state index in [1.54, 1.807) is 30.3 Å². The number of amides is 2. The van der Waals surface area contributed by atoms with Crippen LogP contribution >= 0.6 is 0 Å². The Hall–Kier alpha value is -3.25. The van der Waals surface area contributed by atoms with Gasteiger partial charge in [0, 0.05) is 4.90 Å². The molecular weight excluding hydrogens is 384 g/mol. The van der Waals surface area contributed by atoms with Crippen LogP contribution in [0.15, 0.2) is 95.9 Å². The van der Waals surface area contributed by atoms with Gasteiger partial charge in [-0.05, 0) is 29.7 Å². The van der Waals surface area contributed by atoms with Gasteiger partial charge in [-0.25, -0.2) is 5.01 Å². The molecule has 0 saturated carbocycles. The van der Waals surface area contributed by atoms with Crippen molar-refractivity contribution in [3.63, 3.8) is 0 Å². The van der Waals surface area contributed by atoms with E-state index in [1.165, 1.54) is 5.01 Å². The van der Waals surface area contributed by atoms with Crippen LogP contribution in [-0.4, -0.2) is 26.3 Å². The summed E-state index contributed by atoms with van der Waals surface area (Å²) >= 11 is 0. The van der Waals surface area contributed by atoms with E-state index in [1.807, 2.05) is 60.7 Å². The molecule has 1 fully saturated rings. The highest BCUT2D eigenvalue weighted by atomic mass is 32.2. The second kappa shape index (κ2) is 8.41. The molecular formula is C23H20N2O3S. The molecule has 0 aromatic heterocycles. The van der Waals surface area contributed by atoms with Gasteiger partial charge in [-0.15, -0.1) is 0 Å². The molecule has 3 unspecified atom stereocenters. The summed E-state index contributed by atoms with van der Waals surface area (Å²) in [7, 11) is -1.76. The molecule has 0 aliphatic carbocycles. The largest absolute Gasteiger partial charge is 0.271 e. The van der Waals surface area contributed by atoms with Crippen LogP contribution in [0, 0.1) is 0 Å². The highest BCUT2D eigenvalue weighted by Crippen LogP contribution is 2.29. The number of benzene rings is 3. The molecule has 1 aliphatic rings. The Morgan fingerprint density at radius 1 is 0.828 bits per heavy atom. The van der Waals surface area contributed by atoms with Crippen LogP contribution in [0.2, 0.25) is 0 Å². The van der Waals surface area contributed by atoms with Gasteiger partial charge in [-0.1, -0.05) is 78.9 Å². The zero-order chi connectivity index (χ0) is 20.2. The summed E-state index contributed by atoms with van der Waals surface area (Å²) in [5.74, 6) is -1.01. The first-order chi connectivity index (χ1) is 14.1. The summed E-state index contributed by atoms with van der Waals surface area (Å²) in [4.78, 5) is 26.3. The van der Waals surface area contributed by atoms with Crippen LogP contribution in [-0.2, 0) is 26.8 Å². The number of rotatable bonds is 6. The Balaban J connectivity index is 1.65. The molecule has 29 heavy (non-hydrogen) atoms. The van der Waals surface area contributed by atoms with Crippen molar-refractivity contribution >= 4 is 22.6 Å². The lowest BCUT2D eigenvalue weighted by Crippen LogP contribution is -2.40. The van der Waals surface area contributed by atoms with Crippen molar-refractivity contribution in [1.82, 2.24) is 10.4 Å². The number of nitrogens with one attached hydrogen (secondary N) is 1. The molecule has 1 N–H and O–H groups in total. The standard InChI is InChI=1S/C23H20N2O3S/c26-22-21(29(28)19-14-8-3-9-15-19)23(27)25(24-22)20(18-12-6-2-7-13-18)16-17-10-4-1-5-11-17/h1-15,20-21H,16H2,(H,24,26).